The quantitative estimate of drug-likeness (QED) is 0.187. The Hall–Kier alpha value is -3.84. The predicted octanol–water partition coefficient (Wildman–Crippen LogP) is 7.66. The van der Waals surface area contributed by atoms with E-state index in [0.29, 0.717) is 0 Å². The van der Waals surface area contributed by atoms with Crippen molar-refractivity contribution in [2.75, 3.05) is 0 Å². The molecule has 0 aliphatic carbocycles. The van der Waals surface area contributed by atoms with Gasteiger partial charge in [-0.2, -0.15) is 0 Å². The van der Waals surface area contributed by atoms with Crippen LogP contribution in [-0.2, 0) is 0 Å². The standard InChI is InChI=1S/C29H24O/c1-23-17-19-24(20-18-23)21-22-28(25-11-5-2-6-12-25)29(26-13-7-3-8-14-26)30-27-15-9-4-10-16-27/h2-22H,1H3. The molecule has 0 aliphatic heterocycles. The Balaban J connectivity index is 1.87. The van der Waals surface area contributed by atoms with Crippen LogP contribution >= 0.6 is 0 Å². The van der Waals surface area contributed by atoms with Gasteiger partial charge in [-0.3, -0.25) is 0 Å². The first-order chi connectivity index (χ1) is 14.8. The minimum absolute atomic E-state index is 0.813. The Morgan fingerprint density at radius 3 is 1.73 bits per heavy atom. The average Bonchev–Trinajstić information content (AvgIpc) is 2.81. The SMILES string of the molecule is Cc1ccc(C=CC(=C(Oc2ccccc2)c2ccccc2)c2ccccc2)cc1. The van der Waals surface area contributed by atoms with Crippen molar-refractivity contribution < 1.29 is 4.74 Å². The van der Waals surface area contributed by atoms with Gasteiger partial charge in [0, 0.05) is 11.1 Å². The molecule has 0 aromatic heterocycles. The van der Waals surface area contributed by atoms with E-state index in [1.807, 2.05) is 54.6 Å². The normalized spacial score (nSPS) is 11.9. The second-order valence-electron chi connectivity index (χ2n) is 7.13. The van der Waals surface area contributed by atoms with Crippen LogP contribution in [0.1, 0.15) is 22.3 Å². The smallest absolute Gasteiger partial charge is 0.142 e. The molecule has 0 radical (unpaired) electrons. The molecule has 0 atom stereocenters. The van der Waals surface area contributed by atoms with Gasteiger partial charge in [0.25, 0.3) is 0 Å². The third kappa shape index (κ3) is 4.95. The van der Waals surface area contributed by atoms with Gasteiger partial charge in [-0.25, -0.2) is 0 Å². The van der Waals surface area contributed by atoms with E-state index in [4.69, 9.17) is 4.74 Å². The molecule has 1 heteroatoms. The highest BCUT2D eigenvalue weighted by Gasteiger charge is 2.12. The van der Waals surface area contributed by atoms with Crippen molar-refractivity contribution in [1.82, 2.24) is 0 Å². The number of rotatable bonds is 6. The number of hydrogen-bond donors (Lipinski definition) is 0. The molecule has 146 valence electrons. The molecular weight excluding hydrogens is 364 g/mol. The monoisotopic (exact) mass is 388 g/mol. The molecule has 0 saturated heterocycles. The second-order valence-corrected chi connectivity index (χ2v) is 7.13. The van der Waals surface area contributed by atoms with Gasteiger partial charge in [-0.05, 0) is 30.2 Å². The fourth-order valence-electron chi connectivity index (χ4n) is 3.24. The highest BCUT2D eigenvalue weighted by Crippen LogP contribution is 2.31. The van der Waals surface area contributed by atoms with Gasteiger partial charge in [0.1, 0.15) is 11.5 Å². The van der Waals surface area contributed by atoms with E-state index < -0.39 is 0 Å². The molecule has 4 aromatic carbocycles. The van der Waals surface area contributed by atoms with Gasteiger partial charge in [-0.1, -0.05) is 121 Å². The summed E-state index contributed by atoms with van der Waals surface area (Å²) in [6, 6.07) is 39.1. The summed E-state index contributed by atoms with van der Waals surface area (Å²) in [4.78, 5) is 0. The Morgan fingerprint density at radius 2 is 1.13 bits per heavy atom. The summed E-state index contributed by atoms with van der Waals surface area (Å²) < 4.78 is 6.45. The van der Waals surface area contributed by atoms with Gasteiger partial charge < -0.3 is 4.74 Å². The largest absolute Gasteiger partial charge is 0.456 e. The predicted molar refractivity (Wildman–Crippen MR) is 127 cm³/mol. The molecule has 4 rings (SSSR count). The minimum atomic E-state index is 0.813. The van der Waals surface area contributed by atoms with Crippen LogP contribution in [0.15, 0.2) is 121 Å². The van der Waals surface area contributed by atoms with Crippen molar-refractivity contribution in [2.45, 2.75) is 6.92 Å². The molecule has 0 saturated carbocycles. The first-order valence-corrected chi connectivity index (χ1v) is 10.1. The Morgan fingerprint density at radius 1 is 0.600 bits per heavy atom. The molecule has 0 spiro atoms. The fraction of sp³-hybridized carbons (Fsp3) is 0.0345. The van der Waals surface area contributed by atoms with Crippen LogP contribution in [0.25, 0.3) is 17.4 Å². The molecular formula is C29H24O. The summed E-state index contributed by atoms with van der Waals surface area (Å²) in [5.41, 5.74) is 5.58. The van der Waals surface area contributed by atoms with Crippen molar-refractivity contribution in [2.24, 2.45) is 0 Å². The van der Waals surface area contributed by atoms with Crippen LogP contribution in [0.4, 0.5) is 0 Å². The van der Waals surface area contributed by atoms with Crippen molar-refractivity contribution in [3.63, 3.8) is 0 Å². The maximum atomic E-state index is 6.45. The summed E-state index contributed by atoms with van der Waals surface area (Å²) in [7, 11) is 0. The van der Waals surface area contributed by atoms with E-state index in [1.54, 1.807) is 0 Å². The van der Waals surface area contributed by atoms with Gasteiger partial charge in [0.2, 0.25) is 0 Å². The van der Waals surface area contributed by atoms with E-state index in [2.05, 4.69) is 79.7 Å². The van der Waals surface area contributed by atoms with Gasteiger partial charge in [0.05, 0.1) is 0 Å². The summed E-state index contributed by atoms with van der Waals surface area (Å²) >= 11 is 0. The molecule has 1 nitrogen and oxygen atoms in total. The van der Waals surface area contributed by atoms with Gasteiger partial charge in [-0.15, -0.1) is 0 Å². The topological polar surface area (TPSA) is 9.23 Å². The molecule has 0 heterocycles. The van der Waals surface area contributed by atoms with Crippen LogP contribution in [0.2, 0.25) is 0 Å². The average molecular weight is 389 g/mol. The number of allylic oxidation sites excluding steroid dienone is 2. The van der Waals surface area contributed by atoms with Crippen LogP contribution < -0.4 is 4.74 Å². The van der Waals surface area contributed by atoms with E-state index >= 15 is 0 Å². The minimum Gasteiger partial charge on any atom is -0.456 e. The van der Waals surface area contributed by atoms with Crippen LogP contribution in [0.3, 0.4) is 0 Å². The van der Waals surface area contributed by atoms with Gasteiger partial charge in [0.15, 0.2) is 0 Å². The lowest BCUT2D eigenvalue weighted by Gasteiger charge is -2.15. The third-order valence-electron chi connectivity index (χ3n) is 4.85. The number of aryl methyl sites for hydroxylation is 1. The van der Waals surface area contributed by atoms with E-state index in [9.17, 15) is 0 Å². The maximum absolute atomic E-state index is 6.45. The van der Waals surface area contributed by atoms with E-state index in [-0.39, 0.29) is 0 Å². The summed E-state index contributed by atoms with van der Waals surface area (Å²) in [6.45, 7) is 2.10. The first-order valence-electron chi connectivity index (χ1n) is 10.1. The van der Waals surface area contributed by atoms with E-state index in [1.165, 1.54) is 5.56 Å². The zero-order chi connectivity index (χ0) is 20.6. The fourth-order valence-corrected chi connectivity index (χ4v) is 3.24. The highest BCUT2D eigenvalue weighted by atomic mass is 16.5. The third-order valence-corrected chi connectivity index (χ3v) is 4.85. The molecule has 30 heavy (non-hydrogen) atoms. The van der Waals surface area contributed by atoms with Crippen molar-refractivity contribution >= 4 is 17.4 Å². The molecule has 0 aliphatic rings. The van der Waals surface area contributed by atoms with Crippen LogP contribution in [-0.4, -0.2) is 0 Å². The Labute approximate surface area is 178 Å². The molecule has 0 bridgehead atoms. The number of para-hydroxylation sites is 1. The Bertz CT molecular complexity index is 1120. The molecule has 0 unspecified atom stereocenters. The van der Waals surface area contributed by atoms with Crippen molar-refractivity contribution in [3.8, 4) is 5.75 Å². The molecule has 0 N–H and O–H groups in total. The number of ether oxygens (including phenoxy) is 1. The lowest BCUT2D eigenvalue weighted by Crippen LogP contribution is -1.99. The molecule has 0 fully saturated rings. The number of hydrogen-bond acceptors (Lipinski definition) is 1. The van der Waals surface area contributed by atoms with Crippen LogP contribution in [0, 0.1) is 6.92 Å². The first kappa shape index (κ1) is 19.5. The zero-order valence-electron chi connectivity index (χ0n) is 17.0. The molecule has 4 aromatic rings. The summed E-state index contributed by atoms with van der Waals surface area (Å²) in [5.74, 6) is 1.64. The van der Waals surface area contributed by atoms with E-state index in [0.717, 1.165) is 33.8 Å². The summed E-state index contributed by atoms with van der Waals surface area (Å²) in [6.07, 6.45) is 4.28. The number of benzene rings is 4. The molecule has 0 amide bonds. The van der Waals surface area contributed by atoms with Crippen molar-refractivity contribution in [3.05, 3.63) is 144 Å². The second kappa shape index (κ2) is 9.58. The maximum Gasteiger partial charge on any atom is 0.142 e. The lowest BCUT2D eigenvalue weighted by atomic mass is 9.99. The zero-order valence-corrected chi connectivity index (χ0v) is 17.0. The Kier molecular flexibility index (Phi) is 6.22. The lowest BCUT2D eigenvalue weighted by molar-refractivity contribution is 0.517. The summed E-state index contributed by atoms with van der Waals surface area (Å²) in [5, 5.41) is 0. The van der Waals surface area contributed by atoms with Gasteiger partial charge >= 0.3 is 0 Å². The van der Waals surface area contributed by atoms with Crippen molar-refractivity contribution in [1.29, 1.82) is 0 Å². The van der Waals surface area contributed by atoms with Crippen LogP contribution in [0.5, 0.6) is 5.75 Å². The highest BCUT2D eigenvalue weighted by molar-refractivity contribution is 5.95.